The molecular formula is C21H15BrClFN2. The van der Waals surface area contributed by atoms with Crippen molar-refractivity contribution >= 4 is 38.9 Å². The standard InChI is InChI=1S/C21H15BrClFN2/c22-16-5-1-14(2-6-16)20-13-21(15-3-9-18(24)10-4-15)26(25-20)19-11-7-17(23)8-12-19/h1-12,21H,13H2/t21-/m1/s1. The second-order valence-corrected chi connectivity index (χ2v) is 7.50. The number of rotatable bonds is 3. The maximum absolute atomic E-state index is 13.4. The summed E-state index contributed by atoms with van der Waals surface area (Å²) in [7, 11) is 0. The average Bonchev–Trinajstić information content (AvgIpc) is 3.09. The molecule has 3 aromatic rings. The molecule has 0 N–H and O–H groups in total. The molecule has 26 heavy (non-hydrogen) atoms. The fraction of sp³-hybridized carbons (Fsp3) is 0.0952. The lowest BCUT2D eigenvalue weighted by molar-refractivity contribution is 0.624. The molecule has 0 spiro atoms. The third-order valence-corrected chi connectivity index (χ3v) is 5.21. The molecule has 2 nitrogen and oxygen atoms in total. The zero-order valence-electron chi connectivity index (χ0n) is 13.7. The van der Waals surface area contributed by atoms with Crippen molar-refractivity contribution in [2.75, 3.05) is 5.01 Å². The normalized spacial score (nSPS) is 16.7. The van der Waals surface area contributed by atoms with E-state index >= 15 is 0 Å². The first kappa shape index (κ1) is 17.3. The van der Waals surface area contributed by atoms with Gasteiger partial charge in [-0.2, -0.15) is 5.10 Å². The van der Waals surface area contributed by atoms with Crippen LogP contribution in [-0.2, 0) is 0 Å². The molecule has 1 aliphatic heterocycles. The number of hydrogen-bond donors (Lipinski definition) is 0. The van der Waals surface area contributed by atoms with Crippen LogP contribution in [0, 0.1) is 5.82 Å². The van der Waals surface area contributed by atoms with Gasteiger partial charge in [0.05, 0.1) is 17.4 Å². The zero-order valence-corrected chi connectivity index (χ0v) is 16.1. The van der Waals surface area contributed by atoms with E-state index in [-0.39, 0.29) is 11.9 Å². The Hall–Kier alpha value is -2.17. The molecule has 0 aromatic heterocycles. The second-order valence-electron chi connectivity index (χ2n) is 6.15. The van der Waals surface area contributed by atoms with E-state index in [9.17, 15) is 4.39 Å². The van der Waals surface area contributed by atoms with Gasteiger partial charge >= 0.3 is 0 Å². The molecular weight excluding hydrogens is 415 g/mol. The largest absolute Gasteiger partial charge is 0.257 e. The van der Waals surface area contributed by atoms with E-state index in [2.05, 4.69) is 28.1 Å². The molecule has 0 radical (unpaired) electrons. The summed E-state index contributed by atoms with van der Waals surface area (Å²) in [6.45, 7) is 0. The molecule has 0 amide bonds. The Bertz CT molecular complexity index is 937. The summed E-state index contributed by atoms with van der Waals surface area (Å²) in [5.74, 6) is -0.237. The summed E-state index contributed by atoms with van der Waals surface area (Å²) in [5, 5.41) is 7.54. The highest BCUT2D eigenvalue weighted by atomic mass is 79.9. The highest BCUT2D eigenvalue weighted by Crippen LogP contribution is 2.37. The summed E-state index contributed by atoms with van der Waals surface area (Å²) in [6, 6.07) is 22.4. The van der Waals surface area contributed by atoms with Gasteiger partial charge in [0.2, 0.25) is 0 Å². The van der Waals surface area contributed by atoms with Crippen LogP contribution in [0.5, 0.6) is 0 Å². The number of anilines is 1. The summed E-state index contributed by atoms with van der Waals surface area (Å²) >= 11 is 9.49. The number of hydrazone groups is 1. The Morgan fingerprint density at radius 1 is 0.923 bits per heavy atom. The second kappa shape index (κ2) is 7.22. The number of halogens is 3. The maximum Gasteiger partial charge on any atom is 0.123 e. The number of benzene rings is 3. The van der Waals surface area contributed by atoms with Gasteiger partial charge in [-0.15, -0.1) is 0 Å². The van der Waals surface area contributed by atoms with Gasteiger partial charge < -0.3 is 0 Å². The first-order valence-corrected chi connectivity index (χ1v) is 9.41. The van der Waals surface area contributed by atoms with Gasteiger partial charge in [0.1, 0.15) is 5.82 Å². The van der Waals surface area contributed by atoms with Crippen molar-refractivity contribution in [3.05, 3.63) is 99.2 Å². The van der Waals surface area contributed by atoms with Gasteiger partial charge in [0.15, 0.2) is 0 Å². The quantitative estimate of drug-likeness (QED) is 0.458. The van der Waals surface area contributed by atoms with E-state index in [1.54, 1.807) is 0 Å². The van der Waals surface area contributed by atoms with Crippen molar-refractivity contribution in [3.8, 4) is 0 Å². The molecule has 1 heterocycles. The smallest absolute Gasteiger partial charge is 0.123 e. The van der Waals surface area contributed by atoms with E-state index in [0.717, 1.165) is 33.4 Å². The minimum Gasteiger partial charge on any atom is -0.257 e. The predicted octanol–water partition coefficient (Wildman–Crippen LogP) is 6.60. The van der Waals surface area contributed by atoms with Crippen LogP contribution in [0.25, 0.3) is 0 Å². The monoisotopic (exact) mass is 428 g/mol. The summed E-state index contributed by atoms with van der Waals surface area (Å²) in [6.07, 6.45) is 0.746. The molecule has 0 unspecified atom stereocenters. The zero-order chi connectivity index (χ0) is 18.1. The highest BCUT2D eigenvalue weighted by molar-refractivity contribution is 9.10. The van der Waals surface area contributed by atoms with Crippen molar-refractivity contribution in [2.24, 2.45) is 5.10 Å². The van der Waals surface area contributed by atoms with Crippen molar-refractivity contribution in [1.29, 1.82) is 0 Å². The van der Waals surface area contributed by atoms with Crippen molar-refractivity contribution < 1.29 is 4.39 Å². The first-order chi connectivity index (χ1) is 12.6. The average molecular weight is 430 g/mol. The van der Waals surface area contributed by atoms with Crippen LogP contribution in [0.1, 0.15) is 23.6 Å². The first-order valence-electron chi connectivity index (χ1n) is 8.24. The van der Waals surface area contributed by atoms with Crippen LogP contribution in [-0.4, -0.2) is 5.71 Å². The Balaban J connectivity index is 1.74. The molecule has 3 aromatic carbocycles. The van der Waals surface area contributed by atoms with Crippen molar-refractivity contribution in [3.63, 3.8) is 0 Å². The van der Waals surface area contributed by atoms with Gasteiger partial charge in [-0.25, -0.2) is 4.39 Å². The van der Waals surface area contributed by atoms with E-state index < -0.39 is 0 Å². The number of nitrogens with zero attached hydrogens (tertiary/aromatic N) is 2. The minimum atomic E-state index is -0.237. The minimum absolute atomic E-state index is 0.00965. The van der Waals surface area contributed by atoms with Crippen LogP contribution in [0.2, 0.25) is 5.02 Å². The molecule has 5 heteroatoms. The Morgan fingerprint density at radius 2 is 1.58 bits per heavy atom. The predicted molar refractivity (Wildman–Crippen MR) is 108 cm³/mol. The fourth-order valence-electron chi connectivity index (χ4n) is 3.10. The van der Waals surface area contributed by atoms with E-state index in [4.69, 9.17) is 16.7 Å². The van der Waals surface area contributed by atoms with Gasteiger partial charge in [-0.05, 0) is 59.7 Å². The highest BCUT2D eigenvalue weighted by Gasteiger charge is 2.29. The molecule has 0 saturated heterocycles. The molecule has 0 aliphatic carbocycles. The van der Waals surface area contributed by atoms with E-state index in [1.807, 2.05) is 53.5 Å². The SMILES string of the molecule is Fc1ccc([C@H]2CC(c3ccc(Br)cc3)=NN2c2ccc(Cl)cc2)cc1. The van der Waals surface area contributed by atoms with Gasteiger partial charge in [-0.3, -0.25) is 5.01 Å². The molecule has 1 atom stereocenters. The number of hydrogen-bond acceptors (Lipinski definition) is 2. The lowest BCUT2D eigenvalue weighted by Crippen LogP contribution is -2.18. The molecule has 4 rings (SSSR count). The molecule has 0 fully saturated rings. The van der Waals surface area contributed by atoms with Crippen LogP contribution in [0.15, 0.2) is 82.4 Å². The molecule has 0 bridgehead atoms. The van der Waals surface area contributed by atoms with Crippen LogP contribution in [0.3, 0.4) is 0 Å². The summed E-state index contributed by atoms with van der Waals surface area (Å²) < 4.78 is 14.4. The summed E-state index contributed by atoms with van der Waals surface area (Å²) in [5.41, 5.74) is 4.06. The molecule has 0 saturated carbocycles. The van der Waals surface area contributed by atoms with Crippen molar-refractivity contribution in [2.45, 2.75) is 12.5 Å². The Labute approximate surface area is 165 Å². The van der Waals surface area contributed by atoms with Crippen LogP contribution >= 0.6 is 27.5 Å². The Morgan fingerprint density at radius 3 is 2.23 bits per heavy atom. The van der Waals surface area contributed by atoms with E-state index in [1.165, 1.54) is 12.1 Å². The van der Waals surface area contributed by atoms with Crippen LogP contribution < -0.4 is 5.01 Å². The Kier molecular flexibility index (Phi) is 4.79. The summed E-state index contributed by atoms with van der Waals surface area (Å²) in [4.78, 5) is 0. The molecule has 1 aliphatic rings. The van der Waals surface area contributed by atoms with Crippen molar-refractivity contribution in [1.82, 2.24) is 0 Å². The van der Waals surface area contributed by atoms with Gasteiger partial charge in [0, 0.05) is 15.9 Å². The van der Waals surface area contributed by atoms with Gasteiger partial charge in [-0.1, -0.05) is 51.8 Å². The van der Waals surface area contributed by atoms with E-state index in [0.29, 0.717) is 5.02 Å². The lowest BCUT2D eigenvalue weighted by Gasteiger charge is -2.24. The topological polar surface area (TPSA) is 15.6 Å². The van der Waals surface area contributed by atoms with Gasteiger partial charge in [0.25, 0.3) is 0 Å². The third kappa shape index (κ3) is 3.53. The maximum atomic E-state index is 13.4. The fourth-order valence-corrected chi connectivity index (χ4v) is 3.49. The van der Waals surface area contributed by atoms with Crippen LogP contribution in [0.4, 0.5) is 10.1 Å². The molecule has 130 valence electrons. The lowest BCUT2D eigenvalue weighted by atomic mass is 9.98. The third-order valence-electron chi connectivity index (χ3n) is 4.43.